The number of nitrogens with zero attached hydrogens (tertiary/aromatic N) is 4. The van der Waals surface area contributed by atoms with Gasteiger partial charge in [-0.3, -0.25) is 14.7 Å². The van der Waals surface area contributed by atoms with Gasteiger partial charge < -0.3 is 16.1 Å². The highest BCUT2D eigenvalue weighted by molar-refractivity contribution is 6.35. The number of hydrogen-bond acceptors (Lipinski definition) is 7. The normalized spacial score (nSPS) is 17.0. The number of fused-ring (bicyclic) bond motifs is 2. The predicted octanol–water partition coefficient (Wildman–Crippen LogP) is 6.63. The lowest BCUT2D eigenvalue weighted by atomic mass is 9.96. The summed E-state index contributed by atoms with van der Waals surface area (Å²) in [5.74, 6) is 2.71. The molecule has 0 radical (unpaired) electrons. The fourth-order valence-corrected chi connectivity index (χ4v) is 5.67. The predicted molar refractivity (Wildman–Crippen MR) is 164 cm³/mol. The highest BCUT2D eigenvalue weighted by Crippen LogP contribution is 2.54. The lowest BCUT2D eigenvalue weighted by molar-refractivity contribution is -0.195. The van der Waals surface area contributed by atoms with Gasteiger partial charge in [-0.2, -0.15) is 18.3 Å². The number of benzene rings is 2. The Kier molecular flexibility index (Phi) is 6.90. The molecule has 1 atom stereocenters. The van der Waals surface area contributed by atoms with E-state index in [2.05, 4.69) is 58.4 Å². The van der Waals surface area contributed by atoms with Crippen LogP contribution in [0.25, 0.3) is 21.8 Å². The molecule has 3 heterocycles. The molecule has 6 rings (SSSR count). The van der Waals surface area contributed by atoms with Crippen molar-refractivity contribution >= 4 is 44.8 Å². The van der Waals surface area contributed by atoms with Crippen molar-refractivity contribution in [1.82, 2.24) is 30.7 Å². The molecule has 0 unspecified atom stereocenters. The van der Waals surface area contributed by atoms with E-state index in [0.717, 1.165) is 32.5 Å². The van der Waals surface area contributed by atoms with Crippen molar-refractivity contribution in [2.24, 2.45) is 12.5 Å². The lowest BCUT2D eigenvalue weighted by Gasteiger charge is -2.28. The minimum atomic E-state index is -4.38. The molecule has 8 nitrogen and oxygen atoms in total. The summed E-state index contributed by atoms with van der Waals surface area (Å²) in [5, 5.41) is 14.7. The van der Waals surface area contributed by atoms with Crippen molar-refractivity contribution in [3.8, 4) is 12.3 Å². The summed E-state index contributed by atoms with van der Waals surface area (Å²) in [7, 11) is 1.83. The molecule has 0 saturated heterocycles. The van der Waals surface area contributed by atoms with Crippen LogP contribution in [0.3, 0.4) is 0 Å². The largest absolute Gasteiger partial charge is 0.413 e. The zero-order chi connectivity index (χ0) is 30.7. The number of aryl methyl sites for hydroxylation is 1. The molecule has 1 aliphatic heterocycles. The van der Waals surface area contributed by atoms with Crippen LogP contribution in [0.15, 0.2) is 54.6 Å². The summed E-state index contributed by atoms with van der Waals surface area (Å²) < 4.78 is 43.6. The second-order valence-corrected chi connectivity index (χ2v) is 12.7. The Balaban J connectivity index is 1.46. The fourth-order valence-electron chi connectivity index (χ4n) is 5.41. The number of hydrazine groups is 2. The molecule has 1 aliphatic carbocycles. The molecular formula is C31H32ClF3N8. The number of terminal acetylenes is 1. The Morgan fingerprint density at radius 3 is 2.63 bits per heavy atom. The second kappa shape index (κ2) is 10.2. The first-order chi connectivity index (χ1) is 20.3. The van der Waals surface area contributed by atoms with Crippen LogP contribution in [-0.2, 0) is 7.05 Å². The summed E-state index contributed by atoms with van der Waals surface area (Å²) in [5.41, 5.74) is 8.42. The molecule has 0 spiro atoms. The SMILES string of the molecule is C#Cc1cnc2c(Cl)cc(N[C@H](C3=CN(C4(C(F)(F)F)CC4)NN3)c3cccc4nn(C)cc34)cc2c1NCC(C)(C)C. The van der Waals surface area contributed by atoms with E-state index in [-0.39, 0.29) is 18.3 Å². The average molecular weight is 609 g/mol. The number of nitrogens with one attached hydrogen (secondary N) is 4. The molecule has 12 heteroatoms. The molecule has 2 aromatic carbocycles. The van der Waals surface area contributed by atoms with Gasteiger partial charge in [0.2, 0.25) is 0 Å². The van der Waals surface area contributed by atoms with Crippen LogP contribution in [0.5, 0.6) is 0 Å². The Morgan fingerprint density at radius 1 is 1.19 bits per heavy atom. The van der Waals surface area contributed by atoms with Crippen LogP contribution < -0.4 is 21.6 Å². The van der Waals surface area contributed by atoms with Gasteiger partial charge in [0.05, 0.1) is 39.0 Å². The maximum absolute atomic E-state index is 14.0. The minimum absolute atomic E-state index is 0.0143. The summed E-state index contributed by atoms with van der Waals surface area (Å²) in [4.78, 5) is 4.52. The molecule has 0 amide bonds. The summed E-state index contributed by atoms with van der Waals surface area (Å²) in [6.45, 7) is 7.01. The van der Waals surface area contributed by atoms with E-state index < -0.39 is 17.8 Å². The highest BCUT2D eigenvalue weighted by atomic mass is 35.5. The van der Waals surface area contributed by atoms with E-state index in [1.807, 2.05) is 37.5 Å². The third-order valence-electron chi connectivity index (χ3n) is 7.81. The van der Waals surface area contributed by atoms with E-state index in [4.69, 9.17) is 18.0 Å². The van der Waals surface area contributed by atoms with Crippen molar-refractivity contribution in [1.29, 1.82) is 0 Å². The van der Waals surface area contributed by atoms with E-state index in [1.165, 1.54) is 6.20 Å². The second-order valence-electron chi connectivity index (χ2n) is 12.3. The number of halogens is 4. The molecular weight excluding hydrogens is 577 g/mol. The zero-order valence-corrected chi connectivity index (χ0v) is 25.0. The summed E-state index contributed by atoms with van der Waals surface area (Å²) >= 11 is 6.78. The topological polar surface area (TPSA) is 82.1 Å². The van der Waals surface area contributed by atoms with E-state index >= 15 is 0 Å². The summed E-state index contributed by atoms with van der Waals surface area (Å²) in [6.07, 6.45) is 6.49. The van der Waals surface area contributed by atoms with E-state index in [0.29, 0.717) is 34.0 Å². The third-order valence-corrected chi connectivity index (χ3v) is 8.10. The van der Waals surface area contributed by atoms with Gasteiger partial charge >= 0.3 is 6.18 Å². The lowest BCUT2D eigenvalue weighted by Crippen LogP contribution is -2.52. The molecule has 1 fully saturated rings. The first-order valence-electron chi connectivity index (χ1n) is 13.9. The first kappa shape index (κ1) is 29.0. The first-order valence-corrected chi connectivity index (χ1v) is 14.3. The van der Waals surface area contributed by atoms with Crippen molar-refractivity contribution < 1.29 is 13.2 Å². The number of aromatic nitrogens is 3. The van der Waals surface area contributed by atoms with Crippen molar-refractivity contribution in [3.05, 3.63) is 70.8 Å². The van der Waals surface area contributed by atoms with Crippen LogP contribution in [0.2, 0.25) is 5.02 Å². The standard InChI is InChI=1S/C31H32ClF3N8/c1-6-18-14-36-27-21(26(18)37-17-29(2,3)4)12-19(13-23(27)32)38-28(20-8-7-9-24-22(20)15-42(5)40-24)25-16-43(41-39-25)30(10-11-30)31(33,34)35/h1,7-9,12-16,28,38-39,41H,10-11,17H2,2-5H3,(H,36,37)/t28-/m0/s1. The zero-order valence-electron chi connectivity index (χ0n) is 24.2. The van der Waals surface area contributed by atoms with Crippen molar-refractivity contribution in [2.75, 3.05) is 17.2 Å². The number of alkyl halides is 3. The monoisotopic (exact) mass is 608 g/mol. The van der Waals surface area contributed by atoms with Crippen molar-refractivity contribution in [2.45, 2.75) is 51.4 Å². The Morgan fingerprint density at radius 2 is 1.95 bits per heavy atom. The molecule has 0 bridgehead atoms. The van der Waals surface area contributed by atoms with Gasteiger partial charge in [-0.15, -0.1) is 12.0 Å². The Labute approximate surface area is 252 Å². The highest BCUT2D eigenvalue weighted by Gasteiger charge is 2.67. The number of anilines is 2. The van der Waals surface area contributed by atoms with E-state index in [9.17, 15) is 13.2 Å². The van der Waals surface area contributed by atoms with Crippen LogP contribution in [0, 0.1) is 17.8 Å². The van der Waals surface area contributed by atoms with Gasteiger partial charge in [-0.05, 0) is 42.0 Å². The van der Waals surface area contributed by atoms with Crippen LogP contribution >= 0.6 is 11.6 Å². The minimum Gasteiger partial charge on any atom is -0.383 e. The Bertz CT molecular complexity index is 1790. The van der Waals surface area contributed by atoms with Crippen molar-refractivity contribution in [3.63, 3.8) is 0 Å². The van der Waals surface area contributed by atoms with E-state index in [1.54, 1.807) is 16.9 Å². The van der Waals surface area contributed by atoms with Gasteiger partial charge in [-0.25, -0.2) is 0 Å². The van der Waals surface area contributed by atoms with Crippen LogP contribution in [0.1, 0.15) is 50.8 Å². The molecule has 2 aromatic heterocycles. The molecule has 1 saturated carbocycles. The third kappa shape index (κ3) is 5.30. The Hall–Kier alpha value is -4.14. The molecule has 4 N–H and O–H groups in total. The summed E-state index contributed by atoms with van der Waals surface area (Å²) in [6, 6.07) is 8.78. The fraction of sp³-hybridized carbons (Fsp3) is 0.355. The molecule has 2 aliphatic rings. The smallest absolute Gasteiger partial charge is 0.383 e. The number of pyridine rings is 1. The van der Waals surface area contributed by atoms with Crippen LogP contribution in [0.4, 0.5) is 24.5 Å². The average Bonchev–Trinajstić information content (AvgIpc) is 3.46. The number of hydrogen-bond donors (Lipinski definition) is 4. The van der Waals surface area contributed by atoms with Gasteiger partial charge in [0, 0.05) is 48.6 Å². The van der Waals surface area contributed by atoms with Gasteiger partial charge in [0.15, 0.2) is 5.54 Å². The van der Waals surface area contributed by atoms with Gasteiger partial charge in [0.25, 0.3) is 0 Å². The maximum Gasteiger partial charge on any atom is 0.413 e. The van der Waals surface area contributed by atoms with Gasteiger partial charge in [0.1, 0.15) is 0 Å². The van der Waals surface area contributed by atoms with Crippen LogP contribution in [-0.4, -0.2) is 38.0 Å². The quantitative estimate of drug-likeness (QED) is 0.175. The number of rotatable bonds is 7. The molecule has 4 aromatic rings. The maximum atomic E-state index is 14.0. The molecule has 224 valence electrons. The van der Waals surface area contributed by atoms with Gasteiger partial charge in [-0.1, -0.05) is 50.4 Å². The molecule has 43 heavy (non-hydrogen) atoms.